The van der Waals surface area contributed by atoms with Gasteiger partial charge in [0.25, 0.3) is 0 Å². The second kappa shape index (κ2) is 7.65. The van der Waals surface area contributed by atoms with Crippen molar-refractivity contribution in [3.05, 3.63) is 60.2 Å². The molecule has 0 unspecified atom stereocenters. The Morgan fingerprint density at radius 2 is 2.12 bits per heavy atom. The molecular formula is C18H21N5O2. The molecule has 7 nitrogen and oxygen atoms in total. The molecule has 2 aromatic heterocycles. The van der Waals surface area contributed by atoms with Gasteiger partial charge in [-0.3, -0.25) is 4.68 Å². The zero-order chi connectivity index (χ0) is 17.6. The van der Waals surface area contributed by atoms with Crippen molar-refractivity contribution in [1.82, 2.24) is 25.0 Å². The summed E-state index contributed by atoms with van der Waals surface area (Å²) >= 11 is 0. The third-order valence-corrected chi connectivity index (χ3v) is 3.75. The number of rotatable bonds is 6. The van der Waals surface area contributed by atoms with Gasteiger partial charge in [-0.15, -0.1) is 0 Å². The Labute approximate surface area is 146 Å². The topological polar surface area (TPSA) is 76.2 Å². The van der Waals surface area contributed by atoms with E-state index in [1.54, 1.807) is 29.1 Å². The van der Waals surface area contributed by atoms with Crippen LogP contribution in [0.1, 0.15) is 11.3 Å². The predicted molar refractivity (Wildman–Crippen MR) is 93.7 cm³/mol. The first-order valence-electron chi connectivity index (χ1n) is 8.08. The second-order valence-corrected chi connectivity index (χ2v) is 5.87. The first-order valence-corrected chi connectivity index (χ1v) is 8.08. The molecule has 7 heteroatoms. The molecule has 25 heavy (non-hydrogen) atoms. The summed E-state index contributed by atoms with van der Waals surface area (Å²) in [5.74, 6) is 0.593. The van der Waals surface area contributed by atoms with Crippen molar-refractivity contribution in [2.75, 3.05) is 13.6 Å². The van der Waals surface area contributed by atoms with Crippen LogP contribution >= 0.6 is 0 Å². The van der Waals surface area contributed by atoms with Gasteiger partial charge in [-0.05, 0) is 12.1 Å². The summed E-state index contributed by atoms with van der Waals surface area (Å²) in [5, 5.41) is 6.98. The minimum atomic E-state index is -0.129. The van der Waals surface area contributed by atoms with Crippen LogP contribution in [0.2, 0.25) is 0 Å². The average Bonchev–Trinajstić information content (AvgIpc) is 3.25. The van der Waals surface area contributed by atoms with Gasteiger partial charge in [0.2, 0.25) is 5.89 Å². The molecular weight excluding hydrogens is 318 g/mol. The number of amides is 2. The maximum absolute atomic E-state index is 12.1. The van der Waals surface area contributed by atoms with E-state index >= 15 is 0 Å². The fourth-order valence-corrected chi connectivity index (χ4v) is 2.47. The Hall–Kier alpha value is -3.09. The van der Waals surface area contributed by atoms with Gasteiger partial charge in [0.1, 0.15) is 6.26 Å². The summed E-state index contributed by atoms with van der Waals surface area (Å²) in [7, 11) is 3.61. The smallest absolute Gasteiger partial charge is 0.317 e. The molecule has 3 rings (SSSR count). The van der Waals surface area contributed by atoms with Crippen molar-refractivity contribution >= 4 is 6.03 Å². The molecule has 0 atom stereocenters. The molecule has 0 aliphatic rings. The maximum Gasteiger partial charge on any atom is 0.317 e. The number of carbonyl (C=O) groups excluding carboxylic acids is 1. The molecule has 0 fully saturated rings. The molecule has 1 N–H and O–H groups in total. The molecule has 0 bridgehead atoms. The fraction of sp³-hybridized carbons (Fsp3) is 0.278. The van der Waals surface area contributed by atoms with Gasteiger partial charge in [0.05, 0.1) is 18.4 Å². The summed E-state index contributed by atoms with van der Waals surface area (Å²) in [5.41, 5.74) is 2.74. The lowest BCUT2D eigenvalue weighted by molar-refractivity contribution is 0.207. The Balaban J connectivity index is 1.46. The van der Waals surface area contributed by atoms with E-state index in [0.717, 1.165) is 16.8 Å². The van der Waals surface area contributed by atoms with E-state index in [0.29, 0.717) is 25.4 Å². The quantitative estimate of drug-likeness (QED) is 0.748. The molecule has 130 valence electrons. The molecule has 2 amide bonds. The maximum atomic E-state index is 12.1. The number of oxazole rings is 1. The summed E-state index contributed by atoms with van der Waals surface area (Å²) < 4.78 is 7.21. The molecule has 0 radical (unpaired) electrons. The van der Waals surface area contributed by atoms with E-state index in [2.05, 4.69) is 15.4 Å². The van der Waals surface area contributed by atoms with E-state index in [1.165, 1.54) is 0 Å². The summed E-state index contributed by atoms with van der Waals surface area (Å²) in [6.07, 6.45) is 5.89. The van der Waals surface area contributed by atoms with Crippen molar-refractivity contribution in [3.8, 4) is 11.5 Å². The number of nitrogens with zero attached hydrogens (tertiary/aromatic N) is 4. The minimum Gasteiger partial charge on any atom is -0.444 e. The number of hydrogen-bond acceptors (Lipinski definition) is 4. The van der Waals surface area contributed by atoms with Gasteiger partial charge in [0, 0.05) is 44.4 Å². The SMILES string of the molecule is CN(Cc1cnn(C)c1)C(=O)NCCc1coc(-c2ccccc2)n1. The lowest BCUT2D eigenvalue weighted by Crippen LogP contribution is -2.37. The molecule has 3 aromatic rings. The molecule has 0 saturated heterocycles. The summed E-state index contributed by atoms with van der Waals surface area (Å²) in [4.78, 5) is 18.2. The highest BCUT2D eigenvalue weighted by Crippen LogP contribution is 2.17. The number of benzene rings is 1. The van der Waals surface area contributed by atoms with Crippen LogP contribution in [0.4, 0.5) is 4.79 Å². The van der Waals surface area contributed by atoms with E-state index < -0.39 is 0 Å². The second-order valence-electron chi connectivity index (χ2n) is 5.87. The molecule has 0 aliphatic heterocycles. The third kappa shape index (κ3) is 4.47. The van der Waals surface area contributed by atoms with Crippen LogP contribution in [-0.4, -0.2) is 39.3 Å². The van der Waals surface area contributed by atoms with Crippen LogP contribution in [-0.2, 0) is 20.0 Å². The van der Waals surface area contributed by atoms with E-state index in [1.807, 2.05) is 43.6 Å². The van der Waals surface area contributed by atoms with Crippen LogP contribution < -0.4 is 5.32 Å². The number of hydrogen-bond donors (Lipinski definition) is 1. The van der Waals surface area contributed by atoms with Crippen molar-refractivity contribution in [2.24, 2.45) is 7.05 Å². The largest absolute Gasteiger partial charge is 0.444 e. The lowest BCUT2D eigenvalue weighted by atomic mass is 10.2. The monoisotopic (exact) mass is 339 g/mol. The van der Waals surface area contributed by atoms with Gasteiger partial charge >= 0.3 is 6.03 Å². The van der Waals surface area contributed by atoms with E-state index in [4.69, 9.17) is 4.42 Å². The molecule has 0 spiro atoms. The highest BCUT2D eigenvalue weighted by atomic mass is 16.3. The highest BCUT2D eigenvalue weighted by molar-refractivity contribution is 5.73. The van der Waals surface area contributed by atoms with Crippen LogP contribution in [0.5, 0.6) is 0 Å². The lowest BCUT2D eigenvalue weighted by Gasteiger charge is -2.16. The third-order valence-electron chi connectivity index (χ3n) is 3.75. The molecule has 0 aliphatic carbocycles. The Kier molecular flexibility index (Phi) is 5.13. The van der Waals surface area contributed by atoms with Crippen LogP contribution in [0.25, 0.3) is 11.5 Å². The van der Waals surface area contributed by atoms with Gasteiger partial charge in [-0.2, -0.15) is 5.10 Å². The number of aryl methyl sites for hydroxylation is 1. The minimum absolute atomic E-state index is 0.129. The molecule has 1 aromatic carbocycles. The van der Waals surface area contributed by atoms with Crippen molar-refractivity contribution in [3.63, 3.8) is 0 Å². The van der Waals surface area contributed by atoms with E-state index in [-0.39, 0.29) is 6.03 Å². The van der Waals surface area contributed by atoms with Gasteiger partial charge in [-0.25, -0.2) is 9.78 Å². The Bertz CT molecular complexity index is 825. The number of carbonyl (C=O) groups is 1. The number of aromatic nitrogens is 3. The highest BCUT2D eigenvalue weighted by Gasteiger charge is 2.11. The Morgan fingerprint density at radius 1 is 1.32 bits per heavy atom. The first kappa shape index (κ1) is 16.8. The van der Waals surface area contributed by atoms with Gasteiger partial charge in [0.15, 0.2) is 0 Å². The number of nitrogens with one attached hydrogen (secondary N) is 1. The zero-order valence-corrected chi connectivity index (χ0v) is 14.3. The standard InChI is InChI=1S/C18H21N5O2/c1-22(11-14-10-20-23(2)12-14)18(24)19-9-8-16-13-25-17(21-16)15-6-4-3-5-7-15/h3-7,10,12-13H,8-9,11H2,1-2H3,(H,19,24). The van der Waals surface area contributed by atoms with Crippen LogP contribution in [0.15, 0.2) is 53.4 Å². The van der Waals surface area contributed by atoms with Crippen LogP contribution in [0, 0.1) is 0 Å². The summed E-state index contributed by atoms with van der Waals surface area (Å²) in [6, 6.07) is 9.60. The number of urea groups is 1. The zero-order valence-electron chi connectivity index (χ0n) is 14.3. The van der Waals surface area contributed by atoms with Gasteiger partial charge < -0.3 is 14.6 Å². The fourth-order valence-electron chi connectivity index (χ4n) is 2.47. The molecule has 2 heterocycles. The normalized spacial score (nSPS) is 10.6. The molecule has 0 saturated carbocycles. The first-order chi connectivity index (χ1) is 12.1. The van der Waals surface area contributed by atoms with Crippen LogP contribution in [0.3, 0.4) is 0 Å². The average molecular weight is 339 g/mol. The van der Waals surface area contributed by atoms with Crippen molar-refractivity contribution in [2.45, 2.75) is 13.0 Å². The van der Waals surface area contributed by atoms with E-state index in [9.17, 15) is 4.79 Å². The van der Waals surface area contributed by atoms with Gasteiger partial charge in [-0.1, -0.05) is 18.2 Å². The predicted octanol–water partition coefficient (Wildman–Crippen LogP) is 2.46. The Morgan fingerprint density at radius 3 is 2.84 bits per heavy atom. The van der Waals surface area contributed by atoms with Crippen molar-refractivity contribution in [1.29, 1.82) is 0 Å². The van der Waals surface area contributed by atoms with Crippen molar-refractivity contribution < 1.29 is 9.21 Å². The summed E-state index contributed by atoms with van der Waals surface area (Å²) in [6.45, 7) is 1.01.